The van der Waals surface area contributed by atoms with Crippen molar-refractivity contribution < 1.29 is 33.0 Å². The van der Waals surface area contributed by atoms with Gasteiger partial charge in [0, 0.05) is 58.1 Å². The van der Waals surface area contributed by atoms with Crippen molar-refractivity contribution in [2.45, 2.75) is 80.8 Å². The molecule has 98 heavy (non-hydrogen) atoms. The Kier molecular flexibility index (Phi) is 28.2. The molecule has 9 nitrogen and oxygen atoms in total. The van der Waals surface area contributed by atoms with Crippen LogP contribution in [-0.2, 0) is 45.2 Å². The molecule has 0 unspecified atom stereocenters. The Morgan fingerprint density at radius 3 is 0.980 bits per heavy atom. The topological polar surface area (TPSA) is 121 Å². The minimum absolute atomic E-state index is 0. The van der Waals surface area contributed by atoms with Gasteiger partial charge in [0.1, 0.15) is 11.4 Å². The molecule has 0 saturated carbocycles. The fourth-order valence-electron chi connectivity index (χ4n) is 11.1. The van der Waals surface area contributed by atoms with E-state index in [9.17, 15) is 13.2 Å². The Bertz CT molecular complexity index is 4160. The van der Waals surface area contributed by atoms with Crippen LogP contribution in [0.5, 0.6) is 0 Å². The normalized spacial score (nSPS) is 11.0. The van der Waals surface area contributed by atoms with Crippen LogP contribution in [-0.4, -0.2) is 48.7 Å². The molecule has 500 valence electrons. The second-order valence-electron chi connectivity index (χ2n) is 25.2. The molecule has 0 bridgehead atoms. The standard InChI is InChI=1S/C19H17F3N3.C19H21N3.C19H20N3.2C13H13P.Os/c1-12(2)8-14-9-16(17-10-18(25-24-17)19(20,21)22)23-11-15(14)13-6-4-3-5-7-13;2*1-13(2)9-16-11-18(19-10-14(3)21-22-19)20-12-17(16)15-7-5-4-6-8-15;2*1-14(12-8-4-2-5-9-12)13-10-6-3-7-11-13;/h3-7,9-12H,8H2,1-2H3;4-8,10-13H,9H2,1-3H3,(H,21,22);4-8,10-13H,9H2,1-3H3;2*2-11H,1H3;/q-1;;-1;;;+2/p+2. The number of aromatic amines is 1. The van der Waals surface area contributed by atoms with Crippen LogP contribution in [0.2, 0.25) is 0 Å². The smallest absolute Gasteiger partial charge is 0.574 e. The number of benzene rings is 7. The van der Waals surface area contributed by atoms with Gasteiger partial charge in [-0.05, 0) is 163 Å². The number of pyridine rings is 3. The van der Waals surface area contributed by atoms with Gasteiger partial charge in [-0.3, -0.25) is 20.1 Å². The number of aryl methyl sites for hydroxylation is 2. The zero-order chi connectivity index (χ0) is 68.7. The number of nitrogens with one attached hydrogen (secondary N) is 1. The van der Waals surface area contributed by atoms with Gasteiger partial charge in [0.25, 0.3) is 0 Å². The fourth-order valence-corrected chi connectivity index (χ4v) is 14.5. The first kappa shape index (κ1) is 74.7. The molecule has 0 aliphatic heterocycles. The van der Waals surface area contributed by atoms with Crippen molar-refractivity contribution in [1.82, 2.24) is 45.5 Å². The third-order valence-corrected chi connectivity index (χ3v) is 20.7. The summed E-state index contributed by atoms with van der Waals surface area (Å²) >= 11 is 0. The third-order valence-electron chi connectivity index (χ3n) is 15.9. The SMILES string of the molecule is CC(C)Cc1cc(-c2cc(C(F)(F)F)n[n-]2)ncc1-c1ccccc1.C[PH+](c1ccccc1)c1ccccc1.C[PH+](c1ccccc1)c1ccccc1.Cc1cc(-c2cc(CC(C)C)c(-c3ccccc3)cn2)[n-]n1.Cc1cc(-c2cc(CC(C)C)c(-c3ccccc3)cn2)n[nH]1.[Os+2]. The van der Waals surface area contributed by atoms with E-state index in [0.717, 1.165) is 76.2 Å². The van der Waals surface area contributed by atoms with Crippen LogP contribution >= 0.6 is 15.8 Å². The second-order valence-corrected chi connectivity index (χ2v) is 30.0. The first-order valence-electron chi connectivity index (χ1n) is 33.0. The molecule has 0 aliphatic rings. The summed E-state index contributed by atoms with van der Waals surface area (Å²) in [6.07, 6.45) is 3.98. The zero-order valence-electron chi connectivity index (χ0n) is 57.3. The van der Waals surface area contributed by atoms with Gasteiger partial charge in [-0.1, -0.05) is 223 Å². The Labute approximate surface area is 592 Å². The zero-order valence-corrected chi connectivity index (χ0v) is 61.9. The van der Waals surface area contributed by atoms with Crippen molar-refractivity contribution in [2.24, 2.45) is 17.8 Å². The van der Waals surface area contributed by atoms with E-state index < -0.39 is 27.7 Å². The number of aromatic nitrogens is 9. The molecule has 6 aromatic heterocycles. The summed E-state index contributed by atoms with van der Waals surface area (Å²) in [6, 6.07) is 84.8. The van der Waals surface area contributed by atoms with Gasteiger partial charge in [0.2, 0.25) is 0 Å². The van der Waals surface area contributed by atoms with E-state index in [2.05, 4.69) is 282 Å². The summed E-state index contributed by atoms with van der Waals surface area (Å²) in [4.78, 5) is 13.5. The van der Waals surface area contributed by atoms with Gasteiger partial charge in [0.15, 0.2) is 0 Å². The van der Waals surface area contributed by atoms with E-state index in [-0.39, 0.29) is 25.5 Å². The van der Waals surface area contributed by atoms with Gasteiger partial charge in [-0.15, -0.1) is 0 Å². The molecule has 6 heterocycles. The monoisotopic (exact) mass is 1520 g/mol. The molecule has 7 aromatic carbocycles. The molecule has 15 heteroatoms. The first-order chi connectivity index (χ1) is 46.9. The number of alkyl halides is 3. The molecule has 1 N–H and O–H groups in total. The summed E-state index contributed by atoms with van der Waals surface area (Å²) < 4.78 is 38.2. The van der Waals surface area contributed by atoms with Crippen molar-refractivity contribution in [1.29, 1.82) is 0 Å². The number of halogens is 3. The van der Waals surface area contributed by atoms with Crippen LogP contribution in [0.15, 0.2) is 267 Å². The number of H-pyrrole nitrogens is 1. The number of hydrogen-bond donors (Lipinski definition) is 1. The van der Waals surface area contributed by atoms with Gasteiger partial charge < -0.3 is 20.4 Å². The summed E-state index contributed by atoms with van der Waals surface area (Å²) in [6.45, 7) is 21.8. The third kappa shape index (κ3) is 22.0. The molecule has 0 fully saturated rings. The average Bonchev–Trinajstić information content (AvgIpc) is 1.26. The van der Waals surface area contributed by atoms with Crippen LogP contribution in [0.1, 0.15) is 75.3 Å². The molecular formula is C83H86F3N9OsP2+2. The van der Waals surface area contributed by atoms with E-state index in [1.807, 2.05) is 86.9 Å². The van der Waals surface area contributed by atoms with Gasteiger partial charge in [0.05, 0.1) is 56.1 Å². The van der Waals surface area contributed by atoms with E-state index in [4.69, 9.17) is 0 Å². The summed E-state index contributed by atoms with van der Waals surface area (Å²) in [5.74, 6) is 1.58. The number of nitrogens with zero attached hydrogens (tertiary/aromatic N) is 8. The maximum absolute atomic E-state index is 12.7. The van der Waals surface area contributed by atoms with Gasteiger partial charge in [-0.25, -0.2) is 0 Å². The van der Waals surface area contributed by atoms with Crippen molar-refractivity contribution >= 4 is 37.1 Å². The Balaban J connectivity index is 0.000000159. The second kappa shape index (κ2) is 37.0. The summed E-state index contributed by atoms with van der Waals surface area (Å²) in [5.41, 5.74) is 15.6. The van der Waals surface area contributed by atoms with Crippen molar-refractivity contribution in [3.8, 4) is 67.5 Å². The predicted octanol–water partition coefficient (Wildman–Crippen LogP) is 18.9. The minimum Gasteiger partial charge on any atom is -0.574 e. The Hall–Kier alpha value is -9.09. The van der Waals surface area contributed by atoms with Crippen LogP contribution in [0.25, 0.3) is 67.5 Å². The molecular weight excluding hydrogens is 1430 g/mol. The largest absolute Gasteiger partial charge is 2.00 e. The van der Waals surface area contributed by atoms with Crippen molar-refractivity contribution in [3.63, 3.8) is 0 Å². The van der Waals surface area contributed by atoms with Crippen LogP contribution < -0.4 is 31.4 Å². The fraction of sp³-hybridized carbons (Fsp3) is 0.205. The van der Waals surface area contributed by atoms with Crippen LogP contribution in [0, 0.1) is 31.6 Å². The minimum atomic E-state index is -4.50. The first-order valence-corrected chi connectivity index (χ1v) is 37.0. The van der Waals surface area contributed by atoms with E-state index in [1.54, 1.807) is 6.20 Å². The maximum atomic E-state index is 12.7. The quantitative estimate of drug-likeness (QED) is 0.0950. The van der Waals surface area contributed by atoms with E-state index in [1.165, 1.54) is 54.6 Å². The molecule has 0 atom stereocenters. The van der Waals surface area contributed by atoms with Gasteiger partial charge in [-0.2, -0.15) is 18.3 Å². The van der Waals surface area contributed by atoms with Gasteiger partial charge >= 0.3 is 26.0 Å². The maximum Gasteiger partial charge on any atom is 2.00 e. The molecule has 0 spiro atoms. The molecule has 0 amide bonds. The molecule has 13 aromatic rings. The average molecular weight is 1520 g/mol. The number of hydrogen-bond acceptors (Lipinski definition) is 6. The Morgan fingerprint density at radius 1 is 0.388 bits per heavy atom. The van der Waals surface area contributed by atoms with Crippen LogP contribution in [0.4, 0.5) is 13.2 Å². The summed E-state index contributed by atoms with van der Waals surface area (Å²) in [5, 5.41) is 28.3. The molecule has 0 aliphatic carbocycles. The van der Waals surface area contributed by atoms with Crippen molar-refractivity contribution in [3.05, 3.63) is 301 Å². The molecule has 0 radical (unpaired) electrons. The van der Waals surface area contributed by atoms with E-state index >= 15 is 0 Å². The Morgan fingerprint density at radius 2 is 0.694 bits per heavy atom. The summed E-state index contributed by atoms with van der Waals surface area (Å²) in [7, 11) is -1.09. The van der Waals surface area contributed by atoms with Crippen molar-refractivity contribution in [2.75, 3.05) is 13.3 Å². The molecule has 0 saturated heterocycles. The van der Waals surface area contributed by atoms with Crippen LogP contribution in [0.3, 0.4) is 0 Å². The molecule has 13 rings (SSSR count). The number of rotatable bonds is 16. The predicted molar refractivity (Wildman–Crippen MR) is 403 cm³/mol. The van der Waals surface area contributed by atoms with E-state index in [0.29, 0.717) is 23.4 Å².